The first-order valence-electron chi connectivity index (χ1n) is 5.40. The van der Waals surface area contributed by atoms with Gasteiger partial charge in [0.2, 0.25) is 0 Å². The van der Waals surface area contributed by atoms with Gasteiger partial charge in [-0.25, -0.2) is 0 Å². The minimum atomic E-state index is -0.151. The first-order valence-corrected chi connectivity index (χ1v) is 6.17. The zero-order valence-electron chi connectivity index (χ0n) is 9.73. The van der Waals surface area contributed by atoms with Crippen molar-refractivity contribution in [1.29, 1.82) is 0 Å². The minimum Gasteiger partial charge on any atom is -0.321 e. The number of hydrogen-bond donors (Lipinski definition) is 1. The Kier molecular flexibility index (Phi) is 3.49. The Bertz CT molecular complexity index is 519. The Morgan fingerprint density at radius 3 is 2.59 bits per heavy atom. The fraction of sp³-hybridized carbons (Fsp3) is 0.250. The molecule has 0 aliphatic heterocycles. The number of benzene rings is 1. The van der Waals surface area contributed by atoms with Crippen LogP contribution >= 0.6 is 11.5 Å². The maximum absolute atomic E-state index is 11.9. The van der Waals surface area contributed by atoms with E-state index in [4.69, 9.17) is 0 Å². The number of nitrogens with one attached hydrogen (secondary N) is 1. The van der Waals surface area contributed by atoms with E-state index in [1.807, 2.05) is 24.3 Å². The normalized spacial score (nSPS) is 10.2. The molecular weight excluding hydrogens is 234 g/mol. The zero-order valence-corrected chi connectivity index (χ0v) is 10.5. The molecule has 0 saturated carbocycles. The molecule has 1 N–H and O–H groups in total. The van der Waals surface area contributed by atoms with Crippen LogP contribution in [0.3, 0.4) is 0 Å². The van der Waals surface area contributed by atoms with Crippen molar-refractivity contribution in [3.05, 3.63) is 40.4 Å². The summed E-state index contributed by atoms with van der Waals surface area (Å²) in [7, 11) is 0. The second kappa shape index (κ2) is 5.05. The summed E-state index contributed by atoms with van der Waals surface area (Å²) in [5, 5.41) is 6.64. The molecule has 0 fully saturated rings. The Labute approximate surface area is 104 Å². The smallest absolute Gasteiger partial charge is 0.269 e. The maximum atomic E-state index is 11.9. The number of rotatable bonds is 3. The lowest BCUT2D eigenvalue weighted by atomic mass is 10.1. The summed E-state index contributed by atoms with van der Waals surface area (Å²) in [6.45, 7) is 3.87. The second-order valence-corrected chi connectivity index (χ2v) is 4.45. The highest BCUT2D eigenvalue weighted by Crippen LogP contribution is 2.14. The molecule has 4 nitrogen and oxygen atoms in total. The lowest BCUT2D eigenvalue weighted by Crippen LogP contribution is -2.11. The SMILES string of the molecule is CCc1ccc(NC(=O)c2snnc2C)cc1. The summed E-state index contributed by atoms with van der Waals surface area (Å²) in [5.74, 6) is -0.151. The molecule has 0 atom stereocenters. The average Bonchev–Trinajstić information content (AvgIpc) is 2.76. The number of carbonyl (C=O) groups is 1. The third-order valence-corrected chi connectivity index (χ3v) is 3.30. The van der Waals surface area contributed by atoms with Crippen LogP contribution in [0.15, 0.2) is 24.3 Å². The molecule has 2 rings (SSSR count). The van der Waals surface area contributed by atoms with Crippen LogP contribution in [-0.2, 0) is 6.42 Å². The van der Waals surface area contributed by atoms with E-state index in [0.717, 1.165) is 23.6 Å². The largest absolute Gasteiger partial charge is 0.321 e. The molecule has 5 heteroatoms. The molecule has 1 aromatic carbocycles. The molecule has 1 heterocycles. The van der Waals surface area contributed by atoms with Gasteiger partial charge in [-0.2, -0.15) is 0 Å². The van der Waals surface area contributed by atoms with Gasteiger partial charge in [-0.15, -0.1) is 5.10 Å². The summed E-state index contributed by atoms with van der Waals surface area (Å²) in [4.78, 5) is 12.4. The van der Waals surface area contributed by atoms with Crippen LogP contribution in [0.1, 0.15) is 27.9 Å². The van der Waals surface area contributed by atoms with E-state index >= 15 is 0 Å². The molecule has 0 aliphatic carbocycles. The molecule has 17 heavy (non-hydrogen) atoms. The van der Waals surface area contributed by atoms with Crippen LogP contribution in [0, 0.1) is 6.92 Å². The Morgan fingerprint density at radius 1 is 1.35 bits per heavy atom. The van der Waals surface area contributed by atoms with Gasteiger partial charge in [0, 0.05) is 5.69 Å². The molecular formula is C12H13N3OS. The van der Waals surface area contributed by atoms with Crippen molar-refractivity contribution in [2.45, 2.75) is 20.3 Å². The number of aromatic nitrogens is 2. The summed E-state index contributed by atoms with van der Waals surface area (Å²) in [6, 6.07) is 7.82. The Morgan fingerprint density at radius 2 is 2.06 bits per heavy atom. The van der Waals surface area contributed by atoms with Crippen molar-refractivity contribution in [2.24, 2.45) is 0 Å². The van der Waals surface area contributed by atoms with Gasteiger partial charge in [0.1, 0.15) is 4.88 Å². The summed E-state index contributed by atoms with van der Waals surface area (Å²) in [6.07, 6.45) is 0.992. The standard InChI is InChI=1S/C12H13N3OS/c1-3-9-4-6-10(7-5-9)13-12(16)11-8(2)14-15-17-11/h4-7H,3H2,1-2H3,(H,13,16). The van der Waals surface area contributed by atoms with E-state index in [1.165, 1.54) is 5.56 Å². The summed E-state index contributed by atoms with van der Waals surface area (Å²) < 4.78 is 3.74. The van der Waals surface area contributed by atoms with E-state index in [1.54, 1.807) is 6.92 Å². The van der Waals surface area contributed by atoms with Crippen LogP contribution in [0.5, 0.6) is 0 Å². The quantitative estimate of drug-likeness (QED) is 0.907. The topological polar surface area (TPSA) is 54.9 Å². The summed E-state index contributed by atoms with van der Waals surface area (Å²) >= 11 is 1.11. The number of nitrogens with zero attached hydrogens (tertiary/aromatic N) is 2. The molecule has 0 unspecified atom stereocenters. The highest BCUT2D eigenvalue weighted by atomic mass is 32.1. The van der Waals surface area contributed by atoms with Gasteiger partial charge in [0.15, 0.2) is 0 Å². The number of anilines is 1. The first-order chi connectivity index (χ1) is 8.20. The van der Waals surface area contributed by atoms with Crippen LogP contribution in [0.2, 0.25) is 0 Å². The Balaban J connectivity index is 2.10. The van der Waals surface area contributed by atoms with Crippen LogP contribution in [0.25, 0.3) is 0 Å². The predicted octanol–water partition coefficient (Wildman–Crippen LogP) is 2.66. The molecule has 0 bridgehead atoms. The predicted molar refractivity (Wildman–Crippen MR) is 68.4 cm³/mol. The van der Waals surface area contributed by atoms with Gasteiger partial charge in [0.05, 0.1) is 5.69 Å². The van der Waals surface area contributed by atoms with Crippen molar-refractivity contribution >= 4 is 23.1 Å². The van der Waals surface area contributed by atoms with Gasteiger partial charge < -0.3 is 5.32 Å². The molecule has 0 radical (unpaired) electrons. The van der Waals surface area contributed by atoms with E-state index < -0.39 is 0 Å². The fourth-order valence-electron chi connectivity index (χ4n) is 1.45. The van der Waals surface area contributed by atoms with Crippen molar-refractivity contribution < 1.29 is 4.79 Å². The highest BCUT2D eigenvalue weighted by Gasteiger charge is 2.12. The third kappa shape index (κ3) is 2.68. The minimum absolute atomic E-state index is 0.151. The first kappa shape index (κ1) is 11.7. The van der Waals surface area contributed by atoms with Crippen LogP contribution in [0.4, 0.5) is 5.69 Å². The van der Waals surface area contributed by atoms with E-state index in [-0.39, 0.29) is 5.91 Å². The molecule has 88 valence electrons. The molecule has 0 aliphatic rings. The number of aryl methyl sites for hydroxylation is 2. The van der Waals surface area contributed by atoms with Crippen molar-refractivity contribution in [3.8, 4) is 0 Å². The third-order valence-electron chi connectivity index (χ3n) is 2.48. The molecule has 0 saturated heterocycles. The summed E-state index contributed by atoms with van der Waals surface area (Å²) in [5.41, 5.74) is 2.70. The van der Waals surface area contributed by atoms with Crippen LogP contribution in [-0.4, -0.2) is 15.5 Å². The van der Waals surface area contributed by atoms with E-state index in [0.29, 0.717) is 10.6 Å². The lowest BCUT2D eigenvalue weighted by molar-refractivity contribution is 0.103. The van der Waals surface area contributed by atoms with Crippen molar-refractivity contribution in [3.63, 3.8) is 0 Å². The average molecular weight is 247 g/mol. The monoisotopic (exact) mass is 247 g/mol. The number of carbonyl (C=O) groups excluding carboxylic acids is 1. The fourth-order valence-corrected chi connectivity index (χ4v) is 2.00. The maximum Gasteiger partial charge on any atom is 0.269 e. The number of amides is 1. The van der Waals surface area contributed by atoms with E-state index in [2.05, 4.69) is 21.8 Å². The Hall–Kier alpha value is -1.75. The lowest BCUT2D eigenvalue weighted by Gasteiger charge is -2.04. The molecule has 1 amide bonds. The molecule has 0 spiro atoms. The van der Waals surface area contributed by atoms with Gasteiger partial charge in [0.25, 0.3) is 5.91 Å². The van der Waals surface area contributed by atoms with Gasteiger partial charge in [-0.1, -0.05) is 23.5 Å². The van der Waals surface area contributed by atoms with Crippen molar-refractivity contribution in [2.75, 3.05) is 5.32 Å². The van der Waals surface area contributed by atoms with Gasteiger partial charge >= 0.3 is 0 Å². The molecule has 1 aromatic heterocycles. The van der Waals surface area contributed by atoms with E-state index in [9.17, 15) is 4.79 Å². The van der Waals surface area contributed by atoms with Gasteiger partial charge in [-0.3, -0.25) is 4.79 Å². The number of hydrogen-bond acceptors (Lipinski definition) is 4. The van der Waals surface area contributed by atoms with Gasteiger partial charge in [-0.05, 0) is 42.6 Å². The van der Waals surface area contributed by atoms with Crippen LogP contribution < -0.4 is 5.32 Å². The zero-order chi connectivity index (χ0) is 12.3. The highest BCUT2D eigenvalue weighted by molar-refractivity contribution is 7.08. The second-order valence-electron chi connectivity index (χ2n) is 3.69. The molecule has 2 aromatic rings. The van der Waals surface area contributed by atoms with Crippen molar-refractivity contribution in [1.82, 2.24) is 9.59 Å².